The Labute approximate surface area is 255 Å². The number of pyridine rings is 1. The van der Waals surface area contributed by atoms with E-state index < -0.39 is 0 Å². The lowest BCUT2D eigenvalue weighted by atomic mass is 9.68. The van der Waals surface area contributed by atoms with E-state index in [2.05, 4.69) is 108 Å². The topological polar surface area (TPSA) is 65.1 Å². The summed E-state index contributed by atoms with van der Waals surface area (Å²) in [6.45, 7) is 2.36. The number of hydrogen-bond acceptors (Lipinski definition) is 4. The van der Waals surface area contributed by atoms with Crippen LogP contribution in [0.3, 0.4) is 0 Å². The zero-order chi connectivity index (χ0) is 29.5. The molecule has 0 amide bonds. The van der Waals surface area contributed by atoms with Crippen LogP contribution in [0.5, 0.6) is 0 Å². The summed E-state index contributed by atoms with van der Waals surface area (Å²) in [5.74, 6) is 0.648. The quantitative estimate of drug-likeness (QED) is 0.200. The monoisotopic (exact) mass is 566 g/mol. The van der Waals surface area contributed by atoms with Gasteiger partial charge >= 0.3 is 6.21 Å². The van der Waals surface area contributed by atoms with Crippen molar-refractivity contribution in [3.05, 3.63) is 150 Å². The normalized spacial score (nSPS) is 16.9. The van der Waals surface area contributed by atoms with Crippen LogP contribution in [0.2, 0.25) is 0 Å². The predicted octanol–water partition coefficient (Wildman–Crippen LogP) is 7.80. The maximum absolute atomic E-state index is 5.27. The molecule has 2 aromatic heterocycles. The van der Waals surface area contributed by atoms with Crippen LogP contribution in [-0.2, 0) is 5.41 Å². The van der Waals surface area contributed by atoms with E-state index in [1.807, 2.05) is 24.3 Å². The number of rotatable bonds is 5. The van der Waals surface area contributed by atoms with Gasteiger partial charge < -0.3 is 0 Å². The Bertz CT molecular complexity index is 2170. The van der Waals surface area contributed by atoms with Gasteiger partial charge in [0.1, 0.15) is 5.57 Å². The standard InChI is InChI=1S/C39H28N5/c1-39(31-8-3-2-4-9-31)24-36(42-33-16-15-26-7-5-6-10-32(26)37(33)39)28-13-11-27(12-14-28)34-23-35(29-17-20-40-21-18-29)44-38(43-34)30-19-22-41-25-30/h2-23,25H,24H2,1H3/q+1. The molecule has 0 fully saturated rings. The summed E-state index contributed by atoms with van der Waals surface area (Å²) in [4.78, 5) is 19.2. The smallest absolute Gasteiger partial charge is 0.265 e. The van der Waals surface area contributed by atoms with Crippen molar-refractivity contribution in [1.82, 2.24) is 19.6 Å². The van der Waals surface area contributed by atoms with Crippen molar-refractivity contribution in [3.63, 3.8) is 0 Å². The van der Waals surface area contributed by atoms with Crippen LogP contribution in [-0.4, -0.2) is 33.1 Å². The molecule has 2 aliphatic heterocycles. The summed E-state index contributed by atoms with van der Waals surface area (Å²) in [5.41, 5.74) is 10.2. The summed E-state index contributed by atoms with van der Waals surface area (Å²) < 4.78 is 4.23. The Morgan fingerprint density at radius 3 is 2.16 bits per heavy atom. The second-order valence-electron chi connectivity index (χ2n) is 11.4. The van der Waals surface area contributed by atoms with Crippen molar-refractivity contribution in [2.24, 2.45) is 4.99 Å². The van der Waals surface area contributed by atoms with E-state index in [9.17, 15) is 0 Å². The van der Waals surface area contributed by atoms with Crippen LogP contribution in [0.15, 0.2) is 133 Å². The molecule has 208 valence electrons. The van der Waals surface area contributed by atoms with Gasteiger partial charge in [0.15, 0.2) is 5.82 Å². The van der Waals surface area contributed by atoms with E-state index >= 15 is 0 Å². The highest BCUT2D eigenvalue weighted by atomic mass is 14.9. The first-order valence-corrected chi connectivity index (χ1v) is 14.8. The molecule has 6 aromatic rings. The predicted molar refractivity (Wildman–Crippen MR) is 181 cm³/mol. The fourth-order valence-electron chi connectivity index (χ4n) is 6.41. The lowest BCUT2D eigenvalue weighted by Gasteiger charge is -2.37. The third-order valence-electron chi connectivity index (χ3n) is 8.67. The maximum Gasteiger partial charge on any atom is 0.303 e. The number of fused-ring (bicyclic) bond motifs is 3. The summed E-state index contributed by atoms with van der Waals surface area (Å²) >= 11 is 0. The van der Waals surface area contributed by atoms with Crippen molar-refractivity contribution in [2.75, 3.05) is 0 Å². The average Bonchev–Trinajstić information content (AvgIpc) is 3.64. The molecule has 4 aromatic carbocycles. The van der Waals surface area contributed by atoms with Crippen LogP contribution in [0.25, 0.3) is 38.9 Å². The van der Waals surface area contributed by atoms with Gasteiger partial charge in [0.2, 0.25) is 0 Å². The first kappa shape index (κ1) is 25.9. The second kappa shape index (κ2) is 10.5. The van der Waals surface area contributed by atoms with E-state index in [0.29, 0.717) is 5.82 Å². The molecule has 2 aliphatic rings. The Balaban J connectivity index is 1.22. The van der Waals surface area contributed by atoms with Gasteiger partial charge in [-0.05, 0) is 51.7 Å². The number of allylic oxidation sites excluding steroid dienone is 2. The SMILES string of the molecule is CC1(c2ccccc2)CC(c2ccc(-c3cc(-c4ccncc4)nc(C4=CC=[N+]=C4)n3)cc2)=Nc2ccc3ccccc3c21. The number of aromatic nitrogens is 3. The van der Waals surface area contributed by atoms with Crippen molar-refractivity contribution in [1.29, 1.82) is 0 Å². The molecule has 0 radical (unpaired) electrons. The molecule has 0 N–H and O–H groups in total. The minimum atomic E-state index is -0.234. The lowest BCUT2D eigenvalue weighted by molar-refractivity contribution is 0.596. The highest BCUT2D eigenvalue weighted by molar-refractivity contribution is 6.16. The van der Waals surface area contributed by atoms with Gasteiger partial charge in [0, 0.05) is 47.1 Å². The number of aliphatic imine (C=N–C) groups is 1. The van der Waals surface area contributed by atoms with E-state index in [4.69, 9.17) is 15.0 Å². The van der Waals surface area contributed by atoms with Crippen LogP contribution in [0.1, 0.15) is 35.9 Å². The van der Waals surface area contributed by atoms with Gasteiger partial charge in [-0.2, -0.15) is 0 Å². The first-order valence-electron chi connectivity index (χ1n) is 14.8. The van der Waals surface area contributed by atoms with E-state index in [1.54, 1.807) is 24.8 Å². The zero-order valence-electron chi connectivity index (χ0n) is 24.2. The zero-order valence-corrected chi connectivity index (χ0v) is 24.2. The molecule has 0 saturated carbocycles. The third kappa shape index (κ3) is 4.48. The summed E-state index contributed by atoms with van der Waals surface area (Å²) in [5, 5.41) is 2.50. The van der Waals surface area contributed by atoms with Gasteiger partial charge in [0.05, 0.1) is 17.1 Å². The molecule has 44 heavy (non-hydrogen) atoms. The maximum atomic E-state index is 5.27. The van der Waals surface area contributed by atoms with Gasteiger partial charge in [-0.25, -0.2) is 9.97 Å². The Morgan fingerprint density at radius 1 is 0.705 bits per heavy atom. The molecule has 0 aliphatic carbocycles. The van der Waals surface area contributed by atoms with Crippen molar-refractivity contribution >= 4 is 40.2 Å². The molecule has 0 spiro atoms. The molecule has 1 unspecified atom stereocenters. The molecule has 0 saturated heterocycles. The first-order chi connectivity index (χ1) is 21.7. The fraction of sp³-hybridized carbons (Fsp3) is 0.0769. The van der Waals surface area contributed by atoms with Crippen molar-refractivity contribution in [2.45, 2.75) is 18.8 Å². The van der Waals surface area contributed by atoms with Gasteiger partial charge in [-0.3, -0.25) is 9.98 Å². The van der Waals surface area contributed by atoms with Crippen LogP contribution in [0.4, 0.5) is 5.69 Å². The van der Waals surface area contributed by atoms with Crippen LogP contribution in [0, 0.1) is 0 Å². The lowest BCUT2D eigenvalue weighted by Crippen LogP contribution is -2.30. The van der Waals surface area contributed by atoms with Crippen LogP contribution < -0.4 is 4.67 Å². The Kier molecular flexibility index (Phi) is 6.18. The Hall–Kier alpha value is -5.77. The highest BCUT2D eigenvalue weighted by Crippen LogP contribution is 2.48. The number of nitrogens with zero attached hydrogens (tertiary/aromatic N) is 5. The van der Waals surface area contributed by atoms with Gasteiger partial charge in [-0.15, -0.1) is 4.67 Å². The van der Waals surface area contributed by atoms with Crippen molar-refractivity contribution in [3.8, 4) is 22.5 Å². The molecular weight excluding hydrogens is 538 g/mol. The molecule has 5 heteroatoms. The molecule has 4 heterocycles. The van der Waals surface area contributed by atoms with E-state index in [-0.39, 0.29) is 5.41 Å². The molecule has 0 bridgehead atoms. The van der Waals surface area contributed by atoms with Crippen molar-refractivity contribution < 1.29 is 0 Å². The minimum Gasteiger partial charge on any atom is -0.265 e. The summed E-state index contributed by atoms with van der Waals surface area (Å²) in [6.07, 6.45) is 9.86. The molecule has 8 rings (SSSR count). The minimum absolute atomic E-state index is 0.234. The summed E-state index contributed by atoms with van der Waals surface area (Å²) in [7, 11) is 0. The summed E-state index contributed by atoms with van der Waals surface area (Å²) in [6, 6.07) is 38.4. The highest BCUT2D eigenvalue weighted by Gasteiger charge is 2.37. The molecule has 1 atom stereocenters. The number of benzene rings is 4. The van der Waals surface area contributed by atoms with Crippen LogP contribution >= 0.6 is 0 Å². The Morgan fingerprint density at radius 2 is 1.41 bits per heavy atom. The fourth-order valence-corrected chi connectivity index (χ4v) is 6.41. The largest absolute Gasteiger partial charge is 0.303 e. The van der Waals surface area contributed by atoms with Gasteiger partial charge in [0.25, 0.3) is 6.21 Å². The second-order valence-corrected chi connectivity index (χ2v) is 11.4. The van der Waals surface area contributed by atoms with E-state index in [0.717, 1.165) is 51.5 Å². The molecular formula is C39H28N5+. The van der Waals surface area contributed by atoms with Gasteiger partial charge in [-0.1, -0.05) is 91.9 Å². The number of hydrogen-bond donors (Lipinski definition) is 0. The van der Waals surface area contributed by atoms with E-state index in [1.165, 1.54) is 21.9 Å². The average molecular weight is 567 g/mol. The third-order valence-corrected chi connectivity index (χ3v) is 8.67. The molecule has 5 nitrogen and oxygen atoms in total.